The van der Waals surface area contributed by atoms with Crippen LogP contribution in [0.2, 0.25) is 0 Å². The molecule has 10 heteroatoms. The summed E-state index contributed by atoms with van der Waals surface area (Å²) in [5.74, 6) is -0.575. The van der Waals surface area contributed by atoms with E-state index in [1.807, 2.05) is 24.3 Å². The smallest absolute Gasteiger partial charge is 0.275 e. The SMILES string of the molecule is CNC1(C(N)=O)CCN(c2ccccc2NC(=O)c2csc(NC3CCCOC3)n2)CC1. The third-order valence-electron chi connectivity index (χ3n) is 6.28. The number of amides is 2. The van der Waals surface area contributed by atoms with Crippen LogP contribution in [0.1, 0.15) is 36.2 Å². The molecular weight excluding hydrogens is 428 g/mol. The molecule has 0 aliphatic carbocycles. The van der Waals surface area contributed by atoms with E-state index < -0.39 is 5.54 Å². The molecule has 2 aliphatic heterocycles. The van der Waals surface area contributed by atoms with Gasteiger partial charge < -0.3 is 31.3 Å². The molecule has 32 heavy (non-hydrogen) atoms. The van der Waals surface area contributed by atoms with Crippen LogP contribution in [0.5, 0.6) is 0 Å². The van der Waals surface area contributed by atoms with Crippen molar-refractivity contribution in [3.63, 3.8) is 0 Å². The second kappa shape index (κ2) is 9.85. The second-order valence-corrected chi connectivity index (χ2v) is 9.11. The van der Waals surface area contributed by atoms with E-state index in [1.165, 1.54) is 11.3 Å². The van der Waals surface area contributed by atoms with Crippen molar-refractivity contribution in [2.45, 2.75) is 37.3 Å². The van der Waals surface area contributed by atoms with Crippen molar-refractivity contribution < 1.29 is 14.3 Å². The predicted molar refractivity (Wildman–Crippen MR) is 126 cm³/mol. The van der Waals surface area contributed by atoms with Gasteiger partial charge in [-0.1, -0.05) is 12.1 Å². The van der Waals surface area contributed by atoms with Gasteiger partial charge in [-0.3, -0.25) is 9.59 Å². The average molecular weight is 459 g/mol. The van der Waals surface area contributed by atoms with E-state index in [-0.39, 0.29) is 17.9 Å². The molecule has 5 N–H and O–H groups in total. The highest BCUT2D eigenvalue weighted by Crippen LogP contribution is 2.32. The fourth-order valence-electron chi connectivity index (χ4n) is 4.26. The lowest BCUT2D eigenvalue weighted by Gasteiger charge is -2.41. The van der Waals surface area contributed by atoms with Crippen LogP contribution in [-0.4, -0.2) is 61.7 Å². The zero-order chi connectivity index (χ0) is 22.6. The summed E-state index contributed by atoms with van der Waals surface area (Å²) in [4.78, 5) is 31.4. The van der Waals surface area contributed by atoms with Crippen molar-refractivity contribution in [2.24, 2.45) is 5.73 Å². The summed E-state index contributed by atoms with van der Waals surface area (Å²) in [5.41, 5.74) is 6.96. The maximum absolute atomic E-state index is 12.9. The Morgan fingerprint density at radius 1 is 1.28 bits per heavy atom. The predicted octanol–water partition coefficient (Wildman–Crippen LogP) is 2.03. The highest BCUT2D eigenvalue weighted by molar-refractivity contribution is 7.13. The number of likely N-dealkylation sites (N-methyl/N-ethyl adjacent to an activating group) is 1. The van der Waals surface area contributed by atoms with E-state index in [0.29, 0.717) is 38.2 Å². The number of piperidine rings is 1. The van der Waals surface area contributed by atoms with E-state index >= 15 is 0 Å². The first-order valence-corrected chi connectivity index (χ1v) is 11.8. The molecule has 1 aromatic heterocycles. The third-order valence-corrected chi connectivity index (χ3v) is 7.06. The zero-order valence-electron chi connectivity index (χ0n) is 18.2. The minimum atomic E-state index is -0.679. The van der Waals surface area contributed by atoms with Crippen molar-refractivity contribution >= 4 is 39.7 Å². The quantitative estimate of drug-likeness (QED) is 0.501. The maximum atomic E-state index is 12.9. The fourth-order valence-corrected chi connectivity index (χ4v) is 5.03. The Bertz CT molecular complexity index is 951. The van der Waals surface area contributed by atoms with E-state index in [0.717, 1.165) is 36.0 Å². The van der Waals surface area contributed by atoms with Crippen LogP contribution < -0.4 is 26.6 Å². The number of rotatable bonds is 7. The first-order chi connectivity index (χ1) is 15.5. The summed E-state index contributed by atoms with van der Waals surface area (Å²) >= 11 is 1.42. The fraction of sp³-hybridized carbons (Fsp3) is 0.500. The Labute approximate surface area is 191 Å². The number of hydrogen-bond acceptors (Lipinski definition) is 8. The van der Waals surface area contributed by atoms with E-state index in [4.69, 9.17) is 10.5 Å². The van der Waals surface area contributed by atoms with Gasteiger partial charge in [-0.15, -0.1) is 11.3 Å². The molecule has 4 rings (SSSR count). The van der Waals surface area contributed by atoms with E-state index in [1.54, 1.807) is 12.4 Å². The van der Waals surface area contributed by atoms with Crippen LogP contribution in [0.3, 0.4) is 0 Å². The van der Waals surface area contributed by atoms with E-state index in [9.17, 15) is 9.59 Å². The van der Waals surface area contributed by atoms with Crippen LogP contribution >= 0.6 is 11.3 Å². The van der Waals surface area contributed by atoms with Gasteiger partial charge in [0.1, 0.15) is 11.2 Å². The molecule has 1 unspecified atom stereocenters. The summed E-state index contributed by atoms with van der Waals surface area (Å²) in [7, 11) is 1.77. The Hall–Kier alpha value is -2.69. The normalized spacial score (nSPS) is 20.5. The first-order valence-electron chi connectivity index (χ1n) is 10.9. The molecule has 2 aliphatic rings. The molecule has 2 aromatic rings. The Kier molecular flexibility index (Phi) is 6.92. The molecule has 3 heterocycles. The number of aromatic nitrogens is 1. The molecule has 2 saturated heterocycles. The van der Waals surface area contributed by atoms with Crippen molar-refractivity contribution in [1.82, 2.24) is 10.3 Å². The Balaban J connectivity index is 1.41. The largest absolute Gasteiger partial charge is 0.379 e. The van der Waals surface area contributed by atoms with Crippen LogP contribution in [0.25, 0.3) is 0 Å². The number of carbonyl (C=O) groups is 2. The average Bonchev–Trinajstić information content (AvgIpc) is 3.29. The van der Waals surface area contributed by atoms with Gasteiger partial charge in [-0.25, -0.2) is 4.98 Å². The summed E-state index contributed by atoms with van der Waals surface area (Å²) in [6.45, 7) is 2.78. The monoisotopic (exact) mass is 458 g/mol. The zero-order valence-corrected chi connectivity index (χ0v) is 19.0. The Morgan fingerprint density at radius 2 is 2.06 bits per heavy atom. The number of anilines is 3. The van der Waals surface area contributed by atoms with Gasteiger partial charge >= 0.3 is 0 Å². The molecule has 9 nitrogen and oxygen atoms in total. The number of nitrogens with two attached hydrogens (primary N) is 1. The topological polar surface area (TPSA) is 122 Å². The van der Waals surface area contributed by atoms with Gasteiger partial charge in [0.25, 0.3) is 5.91 Å². The second-order valence-electron chi connectivity index (χ2n) is 8.25. The van der Waals surface area contributed by atoms with Crippen molar-refractivity contribution in [3.8, 4) is 0 Å². The van der Waals surface area contributed by atoms with Crippen LogP contribution in [0, 0.1) is 0 Å². The molecule has 2 fully saturated rings. The standard InChI is InChI=1S/C22H30N6O3S/c1-24-22(20(23)30)8-10-28(11-9-22)18-7-3-2-6-16(18)26-19(29)17-14-32-21(27-17)25-15-5-4-12-31-13-15/h2-3,6-7,14-15,24H,4-5,8-13H2,1H3,(H2,23,30)(H,25,27)(H,26,29). The molecule has 0 saturated carbocycles. The molecule has 0 bridgehead atoms. The first kappa shape index (κ1) is 22.5. The van der Waals surface area contributed by atoms with Crippen molar-refractivity contribution in [1.29, 1.82) is 0 Å². The third kappa shape index (κ3) is 4.87. The number of nitrogens with one attached hydrogen (secondary N) is 3. The molecule has 0 spiro atoms. The number of ether oxygens (including phenoxy) is 1. The lowest BCUT2D eigenvalue weighted by molar-refractivity contribution is -0.125. The van der Waals surface area contributed by atoms with Gasteiger partial charge in [0, 0.05) is 25.1 Å². The van der Waals surface area contributed by atoms with Crippen molar-refractivity contribution in [2.75, 3.05) is 48.9 Å². The van der Waals surface area contributed by atoms with Gasteiger partial charge in [-0.05, 0) is 44.9 Å². The summed E-state index contributed by atoms with van der Waals surface area (Å²) in [6, 6.07) is 7.92. The summed E-state index contributed by atoms with van der Waals surface area (Å²) in [6.07, 6.45) is 3.27. The van der Waals surface area contributed by atoms with Gasteiger partial charge in [0.15, 0.2) is 5.13 Å². The van der Waals surface area contributed by atoms with Crippen LogP contribution in [0.4, 0.5) is 16.5 Å². The number of para-hydroxylation sites is 2. The number of primary amides is 1. The van der Waals surface area contributed by atoms with Crippen LogP contribution in [0.15, 0.2) is 29.6 Å². The number of hydrogen-bond donors (Lipinski definition) is 4. The van der Waals surface area contributed by atoms with Gasteiger partial charge in [0.2, 0.25) is 5.91 Å². The number of carbonyl (C=O) groups excluding carboxylic acids is 2. The molecule has 2 amide bonds. The molecule has 1 atom stereocenters. The van der Waals surface area contributed by atoms with Crippen LogP contribution in [-0.2, 0) is 9.53 Å². The van der Waals surface area contributed by atoms with E-state index in [2.05, 4.69) is 25.8 Å². The highest BCUT2D eigenvalue weighted by atomic mass is 32.1. The number of nitrogens with zero attached hydrogens (tertiary/aromatic N) is 2. The lowest BCUT2D eigenvalue weighted by atomic mass is 9.86. The Morgan fingerprint density at radius 3 is 2.75 bits per heavy atom. The van der Waals surface area contributed by atoms with Gasteiger partial charge in [-0.2, -0.15) is 0 Å². The minimum Gasteiger partial charge on any atom is -0.379 e. The maximum Gasteiger partial charge on any atom is 0.275 e. The highest BCUT2D eigenvalue weighted by Gasteiger charge is 2.38. The lowest BCUT2D eigenvalue weighted by Crippen LogP contribution is -2.59. The molecule has 0 radical (unpaired) electrons. The molecule has 1 aromatic carbocycles. The number of benzene rings is 1. The van der Waals surface area contributed by atoms with Gasteiger partial charge in [0.05, 0.1) is 24.0 Å². The number of thiazole rings is 1. The minimum absolute atomic E-state index is 0.232. The van der Waals surface area contributed by atoms with Crippen molar-refractivity contribution in [3.05, 3.63) is 35.3 Å². The molecular formula is C22H30N6O3S. The molecule has 172 valence electrons. The summed E-state index contributed by atoms with van der Waals surface area (Å²) in [5, 5.41) is 11.9. The summed E-state index contributed by atoms with van der Waals surface area (Å²) < 4.78 is 5.49.